The average Bonchev–Trinajstić information content (AvgIpc) is 2.90. The van der Waals surface area contributed by atoms with Crippen LogP contribution in [-0.2, 0) is 24.9 Å². The molecule has 4 nitrogen and oxygen atoms in total. The van der Waals surface area contributed by atoms with Crippen molar-refractivity contribution >= 4 is 0 Å². The first-order valence-corrected chi connectivity index (χ1v) is 7.51. The van der Waals surface area contributed by atoms with Gasteiger partial charge in [0.15, 0.2) is 0 Å². The lowest BCUT2D eigenvalue weighted by Gasteiger charge is -2.22. The zero-order valence-electron chi connectivity index (χ0n) is 13.0. The van der Waals surface area contributed by atoms with Crippen molar-refractivity contribution in [1.82, 2.24) is 14.7 Å². The van der Waals surface area contributed by atoms with Gasteiger partial charge < -0.3 is 4.74 Å². The van der Waals surface area contributed by atoms with Crippen LogP contribution in [0.1, 0.15) is 24.1 Å². The van der Waals surface area contributed by atoms with E-state index in [1.807, 2.05) is 17.9 Å². The molecule has 0 aliphatic rings. The summed E-state index contributed by atoms with van der Waals surface area (Å²) >= 11 is 0. The maximum atomic E-state index is 5.13. The highest BCUT2D eigenvalue weighted by atomic mass is 16.5. The number of hydrogen-bond acceptors (Lipinski definition) is 3. The summed E-state index contributed by atoms with van der Waals surface area (Å²) in [5, 5.41) is 4.26. The van der Waals surface area contributed by atoms with Gasteiger partial charge >= 0.3 is 0 Å². The lowest BCUT2D eigenvalue weighted by atomic mass is 10.2. The van der Waals surface area contributed by atoms with Gasteiger partial charge in [0.1, 0.15) is 0 Å². The number of unbranched alkanes of at least 4 members (excludes halogenated alkanes) is 1. The molecule has 4 heteroatoms. The molecular formula is C17H25N3O. The molecule has 1 heterocycles. The Balaban J connectivity index is 1.94. The minimum absolute atomic E-state index is 0.838. The predicted octanol–water partition coefficient (Wildman–Crippen LogP) is 2.85. The first-order valence-electron chi connectivity index (χ1n) is 7.51. The first-order chi connectivity index (χ1) is 10.3. The molecule has 0 aliphatic heterocycles. The number of aryl methyl sites for hydroxylation is 1. The van der Waals surface area contributed by atoms with Gasteiger partial charge in [0.05, 0.1) is 5.69 Å². The summed E-state index contributed by atoms with van der Waals surface area (Å²) in [6, 6.07) is 12.7. The summed E-state index contributed by atoms with van der Waals surface area (Å²) in [5.41, 5.74) is 2.60. The van der Waals surface area contributed by atoms with E-state index in [0.717, 1.165) is 39.1 Å². The number of ether oxygens (including phenoxy) is 1. The highest BCUT2D eigenvalue weighted by Crippen LogP contribution is 2.10. The van der Waals surface area contributed by atoms with Gasteiger partial charge in [-0.2, -0.15) is 5.10 Å². The Morgan fingerprint density at radius 3 is 2.57 bits per heavy atom. The number of methoxy groups -OCH3 is 1. The SMILES string of the molecule is COCCCCN(Cc1ccccc1)Cc1ccnn1C. The Morgan fingerprint density at radius 1 is 1.10 bits per heavy atom. The lowest BCUT2D eigenvalue weighted by molar-refractivity contribution is 0.180. The monoisotopic (exact) mass is 287 g/mol. The van der Waals surface area contributed by atoms with Gasteiger partial charge in [-0.3, -0.25) is 9.58 Å². The molecule has 1 aromatic carbocycles. The Morgan fingerprint density at radius 2 is 1.90 bits per heavy atom. The molecule has 2 aromatic rings. The third-order valence-electron chi connectivity index (χ3n) is 3.63. The van der Waals surface area contributed by atoms with Gasteiger partial charge in [0.25, 0.3) is 0 Å². The summed E-state index contributed by atoms with van der Waals surface area (Å²) in [6.07, 6.45) is 4.12. The van der Waals surface area contributed by atoms with Gasteiger partial charge in [-0.15, -0.1) is 0 Å². The molecule has 2 rings (SSSR count). The van der Waals surface area contributed by atoms with Crippen molar-refractivity contribution in [2.24, 2.45) is 7.05 Å². The first kappa shape index (κ1) is 15.7. The number of hydrogen-bond donors (Lipinski definition) is 0. The van der Waals surface area contributed by atoms with E-state index in [1.54, 1.807) is 7.11 Å². The summed E-state index contributed by atoms with van der Waals surface area (Å²) in [7, 11) is 3.76. The molecule has 114 valence electrons. The van der Waals surface area contributed by atoms with Crippen LogP contribution in [0.5, 0.6) is 0 Å². The van der Waals surface area contributed by atoms with Crippen LogP contribution in [0.15, 0.2) is 42.6 Å². The fourth-order valence-electron chi connectivity index (χ4n) is 2.42. The van der Waals surface area contributed by atoms with E-state index < -0.39 is 0 Å². The molecule has 0 amide bonds. The van der Waals surface area contributed by atoms with Crippen molar-refractivity contribution in [2.75, 3.05) is 20.3 Å². The Labute approximate surface area is 127 Å². The van der Waals surface area contributed by atoms with Crippen molar-refractivity contribution in [3.05, 3.63) is 53.9 Å². The van der Waals surface area contributed by atoms with Crippen LogP contribution in [0.2, 0.25) is 0 Å². The minimum atomic E-state index is 0.838. The van der Waals surface area contributed by atoms with Gasteiger partial charge in [-0.05, 0) is 31.0 Å². The molecule has 21 heavy (non-hydrogen) atoms. The summed E-state index contributed by atoms with van der Waals surface area (Å²) < 4.78 is 7.09. The van der Waals surface area contributed by atoms with E-state index >= 15 is 0 Å². The van der Waals surface area contributed by atoms with E-state index in [2.05, 4.69) is 46.4 Å². The second kappa shape index (κ2) is 8.60. The summed E-state index contributed by atoms with van der Waals surface area (Å²) in [5.74, 6) is 0. The zero-order valence-corrected chi connectivity index (χ0v) is 13.0. The molecule has 0 unspecified atom stereocenters. The van der Waals surface area contributed by atoms with E-state index in [-0.39, 0.29) is 0 Å². The topological polar surface area (TPSA) is 30.3 Å². The third kappa shape index (κ3) is 5.33. The van der Waals surface area contributed by atoms with Crippen molar-refractivity contribution in [3.63, 3.8) is 0 Å². The van der Waals surface area contributed by atoms with Crippen LogP contribution < -0.4 is 0 Å². The third-order valence-corrected chi connectivity index (χ3v) is 3.63. The van der Waals surface area contributed by atoms with Gasteiger partial charge in [0, 0.05) is 40.1 Å². The highest BCUT2D eigenvalue weighted by molar-refractivity contribution is 5.14. The maximum Gasteiger partial charge on any atom is 0.0521 e. The van der Waals surface area contributed by atoms with Crippen molar-refractivity contribution in [1.29, 1.82) is 0 Å². The van der Waals surface area contributed by atoms with E-state index in [4.69, 9.17) is 4.74 Å². The highest BCUT2D eigenvalue weighted by Gasteiger charge is 2.09. The maximum absolute atomic E-state index is 5.13. The summed E-state index contributed by atoms with van der Waals surface area (Å²) in [6.45, 7) is 3.81. The van der Waals surface area contributed by atoms with Crippen molar-refractivity contribution < 1.29 is 4.74 Å². The molecular weight excluding hydrogens is 262 g/mol. The van der Waals surface area contributed by atoms with E-state index in [9.17, 15) is 0 Å². The van der Waals surface area contributed by atoms with Crippen molar-refractivity contribution in [2.45, 2.75) is 25.9 Å². The van der Waals surface area contributed by atoms with Crippen LogP contribution in [0, 0.1) is 0 Å². The molecule has 0 N–H and O–H groups in total. The number of rotatable bonds is 9. The van der Waals surface area contributed by atoms with E-state index in [0.29, 0.717) is 0 Å². The minimum Gasteiger partial charge on any atom is -0.385 e. The van der Waals surface area contributed by atoms with Crippen LogP contribution >= 0.6 is 0 Å². The Bertz CT molecular complexity index is 510. The molecule has 0 spiro atoms. The fraction of sp³-hybridized carbons (Fsp3) is 0.471. The zero-order chi connectivity index (χ0) is 14.9. The van der Waals surface area contributed by atoms with Crippen LogP contribution in [0.4, 0.5) is 0 Å². The van der Waals surface area contributed by atoms with Crippen molar-refractivity contribution in [3.8, 4) is 0 Å². The quantitative estimate of drug-likeness (QED) is 0.664. The van der Waals surface area contributed by atoms with Gasteiger partial charge in [0.2, 0.25) is 0 Å². The largest absolute Gasteiger partial charge is 0.385 e. The van der Waals surface area contributed by atoms with Crippen LogP contribution in [0.3, 0.4) is 0 Å². The van der Waals surface area contributed by atoms with Crippen LogP contribution in [0.25, 0.3) is 0 Å². The second-order valence-electron chi connectivity index (χ2n) is 5.34. The smallest absolute Gasteiger partial charge is 0.0521 e. The Hall–Kier alpha value is -1.65. The normalized spacial score (nSPS) is 11.2. The molecule has 0 bridgehead atoms. The van der Waals surface area contributed by atoms with E-state index in [1.165, 1.54) is 11.3 Å². The standard InChI is InChI=1S/C17H25N3O/c1-19-17(10-11-18-19)15-20(12-6-7-13-21-2)14-16-8-4-3-5-9-16/h3-5,8-11H,6-7,12-15H2,1-2H3. The number of benzene rings is 1. The van der Waals surface area contributed by atoms with Crippen LogP contribution in [-0.4, -0.2) is 34.9 Å². The molecule has 0 radical (unpaired) electrons. The number of aromatic nitrogens is 2. The molecule has 1 aromatic heterocycles. The molecule has 0 saturated heterocycles. The molecule has 0 atom stereocenters. The lowest BCUT2D eigenvalue weighted by Crippen LogP contribution is -2.25. The number of nitrogens with zero attached hydrogens (tertiary/aromatic N) is 3. The molecule has 0 fully saturated rings. The fourth-order valence-corrected chi connectivity index (χ4v) is 2.42. The van der Waals surface area contributed by atoms with Gasteiger partial charge in [-0.25, -0.2) is 0 Å². The molecule has 0 saturated carbocycles. The Kier molecular flexibility index (Phi) is 6.44. The second-order valence-corrected chi connectivity index (χ2v) is 5.34. The average molecular weight is 287 g/mol. The van der Waals surface area contributed by atoms with Gasteiger partial charge in [-0.1, -0.05) is 30.3 Å². The summed E-state index contributed by atoms with van der Waals surface area (Å²) in [4.78, 5) is 2.47. The molecule has 0 aliphatic carbocycles. The predicted molar refractivity (Wildman–Crippen MR) is 84.9 cm³/mol.